The predicted molar refractivity (Wildman–Crippen MR) is 102 cm³/mol. The van der Waals surface area contributed by atoms with Gasteiger partial charge in [0.05, 0.1) is 11.9 Å². The largest absolute Gasteiger partial charge is 0.325 e. The first-order chi connectivity index (χ1) is 12.7. The molecule has 2 amide bonds. The van der Waals surface area contributed by atoms with E-state index in [4.69, 9.17) is 0 Å². The van der Waals surface area contributed by atoms with Crippen molar-refractivity contribution in [1.82, 2.24) is 4.98 Å². The number of benzene rings is 2. The molecule has 0 radical (unpaired) electrons. The van der Waals surface area contributed by atoms with Crippen molar-refractivity contribution >= 4 is 28.9 Å². The molecule has 3 aromatic rings. The Kier molecular flexibility index (Phi) is 5.72. The summed E-state index contributed by atoms with van der Waals surface area (Å²) >= 11 is 0. The number of anilines is 3. The zero-order valence-electron chi connectivity index (χ0n) is 14.2. The molecule has 0 unspecified atom stereocenters. The smallest absolute Gasteiger partial charge is 0.232 e. The van der Waals surface area contributed by atoms with Crippen LogP contribution in [0.2, 0.25) is 0 Å². The molecule has 1 aromatic heterocycles. The molecule has 0 saturated carbocycles. The number of hydrogen-bond donors (Lipinski definition) is 1. The Bertz CT molecular complexity index is 813. The first-order valence-electron chi connectivity index (χ1n) is 8.37. The van der Waals surface area contributed by atoms with Gasteiger partial charge in [0.2, 0.25) is 11.8 Å². The minimum absolute atomic E-state index is 0.101. The zero-order valence-corrected chi connectivity index (χ0v) is 14.2. The van der Waals surface area contributed by atoms with E-state index in [0.29, 0.717) is 5.69 Å². The van der Waals surface area contributed by atoms with E-state index >= 15 is 0 Å². The summed E-state index contributed by atoms with van der Waals surface area (Å²) in [6.07, 6.45) is 3.41. The summed E-state index contributed by atoms with van der Waals surface area (Å²) in [6.45, 7) is 0. The highest BCUT2D eigenvalue weighted by molar-refractivity contribution is 6.02. The molecular formula is C21H19N3O2. The Morgan fingerprint density at radius 3 is 1.96 bits per heavy atom. The number of rotatable bonds is 6. The van der Waals surface area contributed by atoms with Gasteiger partial charge < -0.3 is 5.32 Å². The van der Waals surface area contributed by atoms with Crippen LogP contribution in [0.3, 0.4) is 0 Å². The van der Waals surface area contributed by atoms with Crippen LogP contribution in [0.15, 0.2) is 85.2 Å². The van der Waals surface area contributed by atoms with Crippen molar-refractivity contribution < 1.29 is 9.59 Å². The minimum Gasteiger partial charge on any atom is -0.325 e. The van der Waals surface area contributed by atoms with Crippen molar-refractivity contribution in [2.45, 2.75) is 12.8 Å². The number of aromatic nitrogens is 1. The van der Waals surface area contributed by atoms with Crippen LogP contribution in [0, 0.1) is 0 Å². The molecule has 5 heteroatoms. The SMILES string of the molecule is O=C(CCC(=O)N(c1ccccc1)c1ccccc1)Nc1cccnc1. The van der Waals surface area contributed by atoms with Crippen LogP contribution in [0.4, 0.5) is 17.1 Å². The minimum atomic E-state index is -0.215. The van der Waals surface area contributed by atoms with E-state index < -0.39 is 0 Å². The van der Waals surface area contributed by atoms with Crippen molar-refractivity contribution in [2.24, 2.45) is 0 Å². The molecule has 1 heterocycles. The third kappa shape index (κ3) is 4.54. The van der Waals surface area contributed by atoms with Gasteiger partial charge in [0.1, 0.15) is 0 Å². The fourth-order valence-corrected chi connectivity index (χ4v) is 2.58. The average Bonchev–Trinajstić information content (AvgIpc) is 2.69. The quantitative estimate of drug-likeness (QED) is 0.729. The molecule has 26 heavy (non-hydrogen) atoms. The van der Waals surface area contributed by atoms with Crippen molar-refractivity contribution in [3.8, 4) is 0 Å². The molecule has 5 nitrogen and oxygen atoms in total. The third-order valence-corrected chi connectivity index (χ3v) is 3.79. The van der Waals surface area contributed by atoms with E-state index in [9.17, 15) is 9.59 Å². The molecule has 1 N–H and O–H groups in total. The van der Waals surface area contributed by atoms with Gasteiger partial charge in [-0.15, -0.1) is 0 Å². The predicted octanol–water partition coefficient (Wildman–Crippen LogP) is 4.17. The van der Waals surface area contributed by atoms with Gasteiger partial charge in [-0.05, 0) is 36.4 Å². The van der Waals surface area contributed by atoms with Crippen molar-refractivity contribution in [1.29, 1.82) is 0 Å². The molecule has 0 fully saturated rings. The number of hydrogen-bond acceptors (Lipinski definition) is 3. The monoisotopic (exact) mass is 345 g/mol. The summed E-state index contributed by atoms with van der Waals surface area (Å²) in [5, 5.41) is 2.74. The summed E-state index contributed by atoms with van der Waals surface area (Å²) in [6, 6.07) is 22.3. The van der Waals surface area contributed by atoms with Gasteiger partial charge in [0.25, 0.3) is 0 Å². The van der Waals surface area contributed by atoms with E-state index in [2.05, 4.69) is 10.3 Å². The molecule has 0 bridgehead atoms. The van der Waals surface area contributed by atoms with Gasteiger partial charge in [-0.3, -0.25) is 19.5 Å². The Morgan fingerprint density at radius 2 is 1.42 bits per heavy atom. The summed E-state index contributed by atoms with van der Waals surface area (Å²) < 4.78 is 0. The summed E-state index contributed by atoms with van der Waals surface area (Å²) in [7, 11) is 0. The van der Waals surface area contributed by atoms with Crippen LogP contribution in [0.25, 0.3) is 0 Å². The van der Waals surface area contributed by atoms with Crippen molar-refractivity contribution in [2.75, 3.05) is 10.2 Å². The summed E-state index contributed by atoms with van der Waals surface area (Å²) in [5.74, 6) is -0.351. The van der Waals surface area contributed by atoms with Crippen LogP contribution in [-0.4, -0.2) is 16.8 Å². The number of carbonyl (C=O) groups is 2. The molecular weight excluding hydrogens is 326 g/mol. The number of nitrogens with one attached hydrogen (secondary N) is 1. The molecule has 2 aromatic carbocycles. The average molecular weight is 345 g/mol. The lowest BCUT2D eigenvalue weighted by Crippen LogP contribution is -2.27. The van der Waals surface area contributed by atoms with Gasteiger partial charge in [-0.25, -0.2) is 0 Å². The molecule has 3 rings (SSSR count). The van der Waals surface area contributed by atoms with E-state index in [-0.39, 0.29) is 24.7 Å². The van der Waals surface area contributed by atoms with Gasteiger partial charge >= 0.3 is 0 Å². The number of carbonyl (C=O) groups excluding carboxylic acids is 2. The number of nitrogens with zero attached hydrogens (tertiary/aromatic N) is 2. The maximum Gasteiger partial charge on any atom is 0.232 e. The lowest BCUT2D eigenvalue weighted by Gasteiger charge is -2.23. The van der Waals surface area contributed by atoms with E-state index in [1.807, 2.05) is 60.7 Å². The Hall–Kier alpha value is -3.47. The first-order valence-corrected chi connectivity index (χ1v) is 8.37. The Balaban J connectivity index is 1.69. The van der Waals surface area contributed by atoms with Gasteiger partial charge in [-0.2, -0.15) is 0 Å². The Morgan fingerprint density at radius 1 is 0.808 bits per heavy atom. The van der Waals surface area contributed by atoms with Crippen LogP contribution < -0.4 is 10.2 Å². The first kappa shape index (κ1) is 17.4. The number of pyridine rings is 1. The van der Waals surface area contributed by atoms with Gasteiger partial charge in [0.15, 0.2) is 0 Å². The fraction of sp³-hybridized carbons (Fsp3) is 0.0952. The molecule has 0 aliphatic heterocycles. The normalized spacial score (nSPS) is 10.2. The highest BCUT2D eigenvalue weighted by atomic mass is 16.2. The van der Waals surface area contributed by atoms with E-state index in [1.165, 1.54) is 0 Å². The number of para-hydroxylation sites is 2. The standard InChI is InChI=1S/C21H19N3O2/c25-20(23-17-8-7-15-22-16-17)13-14-21(26)24(18-9-3-1-4-10-18)19-11-5-2-6-12-19/h1-12,15-16H,13-14H2,(H,23,25). The second-order valence-corrected chi connectivity index (χ2v) is 5.69. The molecule has 0 spiro atoms. The van der Waals surface area contributed by atoms with Crippen LogP contribution in [0.5, 0.6) is 0 Å². The lowest BCUT2D eigenvalue weighted by atomic mass is 10.2. The van der Waals surface area contributed by atoms with Gasteiger partial charge in [-0.1, -0.05) is 36.4 Å². The lowest BCUT2D eigenvalue weighted by molar-refractivity contribution is -0.122. The van der Waals surface area contributed by atoms with Crippen LogP contribution in [0.1, 0.15) is 12.8 Å². The molecule has 130 valence electrons. The second-order valence-electron chi connectivity index (χ2n) is 5.69. The summed E-state index contributed by atoms with van der Waals surface area (Å²) in [4.78, 5) is 30.5. The van der Waals surface area contributed by atoms with Crippen LogP contribution in [-0.2, 0) is 9.59 Å². The maximum atomic E-state index is 12.8. The molecule has 0 saturated heterocycles. The summed E-state index contributed by atoms with van der Waals surface area (Å²) in [5.41, 5.74) is 2.17. The number of amides is 2. The molecule has 0 aliphatic rings. The van der Waals surface area contributed by atoms with Crippen molar-refractivity contribution in [3.63, 3.8) is 0 Å². The molecule has 0 aliphatic carbocycles. The van der Waals surface area contributed by atoms with E-state index in [0.717, 1.165) is 11.4 Å². The van der Waals surface area contributed by atoms with Crippen LogP contribution >= 0.6 is 0 Å². The Labute approximate surface area is 152 Å². The third-order valence-electron chi connectivity index (χ3n) is 3.79. The zero-order chi connectivity index (χ0) is 18.2. The topological polar surface area (TPSA) is 62.3 Å². The van der Waals surface area contributed by atoms with E-state index in [1.54, 1.807) is 29.4 Å². The highest BCUT2D eigenvalue weighted by Gasteiger charge is 2.18. The maximum absolute atomic E-state index is 12.8. The highest BCUT2D eigenvalue weighted by Crippen LogP contribution is 2.26. The second kappa shape index (κ2) is 8.58. The van der Waals surface area contributed by atoms with Gasteiger partial charge in [0, 0.05) is 30.4 Å². The molecule has 0 atom stereocenters. The van der Waals surface area contributed by atoms with Crippen molar-refractivity contribution in [3.05, 3.63) is 85.2 Å². The fourth-order valence-electron chi connectivity index (χ4n) is 2.58.